The van der Waals surface area contributed by atoms with Crippen molar-refractivity contribution in [3.63, 3.8) is 0 Å². The SMILES string of the molecule is CCCC(C)(C(=O)c1ccc(C)cc1)N1CCCC1. The summed E-state index contributed by atoms with van der Waals surface area (Å²) in [5.41, 5.74) is 1.74. The molecule has 0 radical (unpaired) electrons. The van der Waals surface area contributed by atoms with Gasteiger partial charge in [0.2, 0.25) is 0 Å². The van der Waals surface area contributed by atoms with Crippen LogP contribution in [-0.2, 0) is 0 Å². The van der Waals surface area contributed by atoms with Gasteiger partial charge in [-0.25, -0.2) is 0 Å². The van der Waals surface area contributed by atoms with Crippen LogP contribution in [0.25, 0.3) is 0 Å². The molecule has 2 rings (SSSR count). The minimum Gasteiger partial charge on any atom is -0.292 e. The van der Waals surface area contributed by atoms with Gasteiger partial charge in [-0.1, -0.05) is 43.2 Å². The molecule has 0 aliphatic carbocycles. The monoisotopic (exact) mass is 259 g/mol. The first kappa shape index (κ1) is 14.3. The van der Waals surface area contributed by atoms with Crippen LogP contribution in [0.4, 0.5) is 0 Å². The Bertz CT molecular complexity index is 431. The van der Waals surface area contributed by atoms with E-state index < -0.39 is 0 Å². The third kappa shape index (κ3) is 2.89. The second-order valence-electron chi connectivity index (χ2n) is 5.91. The zero-order valence-corrected chi connectivity index (χ0v) is 12.4. The number of rotatable bonds is 5. The van der Waals surface area contributed by atoms with Gasteiger partial charge >= 0.3 is 0 Å². The number of aryl methyl sites for hydroxylation is 1. The second-order valence-corrected chi connectivity index (χ2v) is 5.91. The molecule has 1 aliphatic heterocycles. The fourth-order valence-electron chi connectivity index (χ4n) is 3.13. The molecule has 1 atom stereocenters. The zero-order chi connectivity index (χ0) is 13.9. The van der Waals surface area contributed by atoms with E-state index in [-0.39, 0.29) is 11.3 Å². The van der Waals surface area contributed by atoms with E-state index in [2.05, 4.69) is 25.7 Å². The van der Waals surface area contributed by atoms with Gasteiger partial charge in [-0.05, 0) is 46.2 Å². The van der Waals surface area contributed by atoms with Gasteiger partial charge in [0.1, 0.15) is 0 Å². The predicted molar refractivity (Wildman–Crippen MR) is 79.6 cm³/mol. The Morgan fingerprint density at radius 3 is 2.32 bits per heavy atom. The number of carbonyl (C=O) groups is 1. The highest BCUT2D eigenvalue weighted by molar-refractivity contribution is 6.03. The lowest BCUT2D eigenvalue weighted by Gasteiger charge is -2.37. The van der Waals surface area contributed by atoms with Gasteiger partial charge in [0.15, 0.2) is 5.78 Å². The van der Waals surface area contributed by atoms with Gasteiger partial charge in [-0.3, -0.25) is 9.69 Å². The van der Waals surface area contributed by atoms with Gasteiger partial charge in [0.25, 0.3) is 0 Å². The first-order valence-corrected chi connectivity index (χ1v) is 7.44. The van der Waals surface area contributed by atoms with E-state index in [1.54, 1.807) is 0 Å². The summed E-state index contributed by atoms with van der Waals surface area (Å²) in [5.74, 6) is 0.288. The summed E-state index contributed by atoms with van der Waals surface area (Å²) in [4.78, 5) is 15.3. The number of benzene rings is 1. The van der Waals surface area contributed by atoms with Gasteiger partial charge < -0.3 is 0 Å². The third-order valence-electron chi connectivity index (χ3n) is 4.34. The summed E-state index contributed by atoms with van der Waals surface area (Å²) in [5, 5.41) is 0. The summed E-state index contributed by atoms with van der Waals surface area (Å²) in [6, 6.07) is 8.01. The molecule has 0 N–H and O–H groups in total. The first-order chi connectivity index (χ1) is 9.08. The van der Waals surface area contributed by atoms with E-state index in [0.717, 1.165) is 31.5 Å². The molecule has 1 saturated heterocycles. The number of hydrogen-bond donors (Lipinski definition) is 0. The van der Waals surface area contributed by atoms with Gasteiger partial charge in [-0.15, -0.1) is 0 Å². The molecule has 1 aliphatic rings. The Labute approximate surface area is 116 Å². The molecule has 0 aromatic heterocycles. The molecule has 1 aromatic carbocycles. The quantitative estimate of drug-likeness (QED) is 0.749. The van der Waals surface area contributed by atoms with E-state index >= 15 is 0 Å². The average Bonchev–Trinajstić information content (AvgIpc) is 2.93. The Morgan fingerprint density at radius 2 is 1.79 bits per heavy atom. The Hall–Kier alpha value is -1.15. The molecule has 104 valence electrons. The van der Waals surface area contributed by atoms with Crippen LogP contribution < -0.4 is 0 Å². The number of Topliss-reactive ketones (excluding diaryl/α,β-unsaturated/α-hetero) is 1. The maximum absolute atomic E-state index is 12.9. The summed E-state index contributed by atoms with van der Waals surface area (Å²) in [6.07, 6.45) is 4.44. The number of likely N-dealkylation sites (tertiary alicyclic amines) is 1. The summed E-state index contributed by atoms with van der Waals surface area (Å²) >= 11 is 0. The van der Waals surface area contributed by atoms with Gasteiger partial charge in [0, 0.05) is 5.56 Å². The molecule has 0 amide bonds. The molecule has 19 heavy (non-hydrogen) atoms. The van der Waals surface area contributed by atoms with Crippen LogP contribution in [0, 0.1) is 6.92 Å². The topological polar surface area (TPSA) is 20.3 Å². The third-order valence-corrected chi connectivity index (χ3v) is 4.34. The standard InChI is InChI=1S/C17H25NO/c1-4-11-17(3,18-12-5-6-13-18)16(19)15-9-7-14(2)8-10-15/h7-10H,4-6,11-13H2,1-3H3. The van der Waals surface area contributed by atoms with Crippen molar-refractivity contribution in [2.75, 3.05) is 13.1 Å². The van der Waals surface area contributed by atoms with Gasteiger partial charge in [0.05, 0.1) is 5.54 Å². The highest BCUT2D eigenvalue weighted by Gasteiger charge is 2.39. The number of ketones is 1. The minimum atomic E-state index is -0.319. The van der Waals surface area contributed by atoms with E-state index in [4.69, 9.17) is 0 Å². The molecule has 0 bridgehead atoms. The fourth-order valence-corrected chi connectivity index (χ4v) is 3.13. The highest BCUT2D eigenvalue weighted by Crippen LogP contribution is 2.29. The molecule has 1 heterocycles. The van der Waals surface area contributed by atoms with Gasteiger partial charge in [-0.2, -0.15) is 0 Å². The van der Waals surface area contributed by atoms with E-state index in [9.17, 15) is 4.79 Å². The Morgan fingerprint density at radius 1 is 1.21 bits per heavy atom. The second kappa shape index (κ2) is 5.87. The van der Waals surface area contributed by atoms with Crippen molar-refractivity contribution < 1.29 is 4.79 Å². The van der Waals surface area contributed by atoms with E-state index in [1.165, 1.54) is 18.4 Å². The van der Waals surface area contributed by atoms with E-state index in [1.807, 2.05) is 24.3 Å². The van der Waals surface area contributed by atoms with Crippen molar-refractivity contribution in [2.24, 2.45) is 0 Å². The normalized spacial score (nSPS) is 19.3. The zero-order valence-electron chi connectivity index (χ0n) is 12.4. The molecular formula is C17H25NO. The van der Waals surface area contributed by atoms with Crippen molar-refractivity contribution in [2.45, 2.75) is 52.0 Å². The maximum atomic E-state index is 12.9. The number of nitrogens with zero attached hydrogens (tertiary/aromatic N) is 1. The molecular weight excluding hydrogens is 234 g/mol. The van der Waals surface area contributed by atoms with Crippen molar-refractivity contribution in [3.8, 4) is 0 Å². The van der Waals surface area contributed by atoms with Crippen LogP contribution in [0.5, 0.6) is 0 Å². The largest absolute Gasteiger partial charge is 0.292 e. The van der Waals surface area contributed by atoms with Crippen molar-refractivity contribution in [1.82, 2.24) is 4.90 Å². The lowest BCUT2D eigenvalue weighted by molar-refractivity contribution is 0.0631. The van der Waals surface area contributed by atoms with Crippen LogP contribution >= 0.6 is 0 Å². The summed E-state index contributed by atoms with van der Waals surface area (Å²) in [7, 11) is 0. The summed E-state index contributed by atoms with van der Waals surface area (Å²) in [6.45, 7) is 8.48. The average molecular weight is 259 g/mol. The number of carbonyl (C=O) groups excluding carboxylic acids is 1. The first-order valence-electron chi connectivity index (χ1n) is 7.44. The minimum absolute atomic E-state index is 0.288. The fraction of sp³-hybridized carbons (Fsp3) is 0.588. The molecule has 1 fully saturated rings. The van der Waals surface area contributed by atoms with Crippen molar-refractivity contribution >= 4 is 5.78 Å². The van der Waals surface area contributed by atoms with Crippen molar-refractivity contribution in [1.29, 1.82) is 0 Å². The molecule has 1 unspecified atom stereocenters. The highest BCUT2D eigenvalue weighted by atomic mass is 16.1. The lowest BCUT2D eigenvalue weighted by atomic mass is 9.85. The molecule has 2 heteroatoms. The van der Waals surface area contributed by atoms with Crippen LogP contribution in [0.15, 0.2) is 24.3 Å². The van der Waals surface area contributed by atoms with Crippen LogP contribution in [0.3, 0.4) is 0 Å². The molecule has 0 saturated carbocycles. The van der Waals surface area contributed by atoms with Crippen LogP contribution in [-0.4, -0.2) is 29.3 Å². The van der Waals surface area contributed by atoms with E-state index in [0.29, 0.717) is 0 Å². The van der Waals surface area contributed by atoms with Crippen LogP contribution in [0.2, 0.25) is 0 Å². The Balaban J connectivity index is 2.27. The van der Waals surface area contributed by atoms with Crippen LogP contribution in [0.1, 0.15) is 55.5 Å². The molecule has 0 spiro atoms. The summed E-state index contributed by atoms with van der Waals surface area (Å²) < 4.78 is 0. The molecule has 2 nitrogen and oxygen atoms in total. The maximum Gasteiger partial charge on any atom is 0.182 e. The smallest absolute Gasteiger partial charge is 0.182 e. The number of hydrogen-bond acceptors (Lipinski definition) is 2. The molecule has 1 aromatic rings. The lowest BCUT2D eigenvalue weighted by Crippen LogP contribution is -2.51. The predicted octanol–water partition coefficient (Wildman–Crippen LogP) is 3.83. The Kier molecular flexibility index (Phi) is 4.41. The van der Waals surface area contributed by atoms with Crippen molar-refractivity contribution in [3.05, 3.63) is 35.4 Å².